The van der Waals surface area contributed by atoms with Crippen LogP contribution in [-0.4, -0.2) is 25.0 Å². The maximum atomic E-state index is 10.7. The Bertz CT molecular complexity index is 799. The second-order valence-corrected chi connectivity index (χ2v) is 4.15. The number of aryl methyl sites for hydroxylation is 1. The lowest BCUT2D eigenvalue weighted by Crippen LogP contribution is -1.93. The molecule has 8 nitrogen and oxygen atoms in total. The number of nitro benzene ring substituents is 1. The highest BCUT2D eigenvalue weighted by Gasteiger charge is 2.10. The van der Waals surface area contributed by atoms with E-state index in [9.17, 15) is 10.1 Å². The van der Waals surface area contributed by atoms with Crippen molar-refractivity contribution in [2.75, 3.05) is 0 Å². The van der Waals surface area contributed by atoms with E-state index >= 15 is 0 Å². The number of ether oxygens (including phenoxy) is 1. The van der Waals surface area contributed by atoms with Gasteiger partial charge in [-0.15, -0.1) is 5.10 Å². The van der Waals surface area contributed by atoms with Gasteiger partial charge in [0.25, 0.3) is 5.69 Å². The highest BCUT2D eigenvalue weighted by molar-refractivity contribution is 5.47. The van der Waals surface area contributed by atoms with Crippen molar-refractivity contribution in [2.24, 2.45) is 0 Å². The second kappa shape index (κ2) is 4.57. The first-order valence-corrected chi connectivity index (χ1v) is 5.74. The van der Waals surface area contributed by atoms with E-state index < -0.39 is 4.92 Å². The molecule has 1 aromatic carbocycles. The van der Waals surface area contributed by atoms with Crippen LogP contribution in [0.5, 0.6) is 11.5 Å². The summed E-state index contributed by atoms with van der Waals surface area (Å²) in [5.41, 5.74) is 1.27. The molecule has 0 aliphatic rings. The Kier molecular flexibility index (Phi) is 2.75. The first kappa shape index (κ1) is 12.0. The Morgan fingerprint density at radius 2 is 2.15 bits per heavy atom. The molecule has 2 aromatic heterocycles. The van der Waals surface area contributed by atoms with Crippen LogP contribution in [0.4, 0.5) is 5.69 Å². The van der Waals surface area contributed by atoms with Crippen molar-refractivity contribution in [2.45, 2.75) is 6.92 Å². The van der Waals surface area contributed by atoms with Crippen molar-refractivity contribution in [3.8, 4) is 11.5 Å². The Labute approximate surface area is 112 Å². The fraction of sp³-hybridized carbons (Fsp3) is 0.0833. The van der Waals surface area contributed by atoms with Gasteiger partial charge in [-0.05, 0) is 35.0 Å². The predicted molar refractivity (Wildman–Crippen MR) is 68.7 cm³/mol. The maximum Gasteiger partial charge on any atom is 0.269 e. The van der Waals surface area contributed by atoms with Crippen molar-refractivity contribution < 1.29 is 9.66 Å². The van der Waals surface area contributed by atoms with Crippen LogP contribution in [0.2, 0.25) is 0 Å². The molecule has 0 fully saturated rings. The molecule has 0 N–H and O–H groups in total. The zero-order chi connectivity index (χ0) is 14.1. The summed E-state index contributed by atoms with van der Waals surface area (Å²) in [7, 11) is 0. The van der Waals surface area contributed by atoms with Gasteiger partial charge in [0.2, 0.25) is 0 Å². The molecule has 0 spiro atoms. The largest absolute Gasteiger partial charge is 0.457 e. The van der Waals surface area contributed by atoms with Crippen LogP contribution in [0.1, 0.15) is 5.56 Å². The molecule has 0 unspecified atom stereocenters. The third kappa shape index (κ3) is 2.14. The summed E-state index contributed by atoms with van der Waals surface area (Å²) < 4.78 is 7.20. The normalized spacial score (nSPS) is 10.7. The summed E-state index contributed by atoms with van der Waals surface area (Å²) in [5.74, 6) is 1.11. The molecule has 0 atom stereocenters. The van der Waals surface area contributed by atoms with E-state index in [2.05, 4.69) is 15.5 Å². The number of nitrogens with zero attached hydrogens (tertiary/aromatic N) is 5. The number of tetrazole rings is 1. The Hall–Kier alpha value is -3.03. The lowest BCUT2D eigenvalue weighted by atomic mass is 10.2. The van der Waals surface area contributed by atoms with Crippen molar-refractivity contribution >= 4 is 11.3 Å². The Balaban J connectivity index is 1.92. The van der Waals surface area contributed by atoms with E-state index in [0.717, 1.165) is 0 Å². The SMILES string of the molecule is Cc1cc([N+](=O)[O-])ccc1Oc1ccn2nnnc2c1. The van der Waals surface area contributed by atoms with Gasteiger partial charge < -0.3 is 4.74 Å². The fourth-order valence-electron chi connectivity index (χ4n) is 1.77. The topological polar surface area (TPSA) is 95.5 Å². The summed E-state index contributed by atoms with van der Waals surface area (Å²) in [6, 6.07) is 7.83. The molecule has 0 radical (unpaired) electrons. The van der Waals surface area contributed by atoms with Gasteiger partial charge in [-0.3, -0.25) is 10.1 Å². The van der Waals surface area contributed by atoms with Gasteiger partial charge in [0.1, 0.15) is 11.5 Å². The van der Waals surface area contributed by atoms with E-state index in [1.54, 1.807) is 31.3 Å². The number of benzene rings is 1. The van der Waals surface area contributed by atoms with Gasteiger partial charge in [-0.1, -0.05) is 0 Å². The van der Waals surface area contributed by atoms with Crippen molar-refractivity contribution in [3.05, 3.63) is 52.2 Å². The molecule has 0 saturated carbocycles. The minimum atomic E-state index is -0.440. The number of aromatic nitrogens is 4. The third-order valence-electron chi connectivity index (χ3n) is 2.77. The third-order valence-corrected chi connectivity index (χ3v) is 2.77. The van der Waals surface area contributed by atoms with E-state index in [4.69, 9.17) is 4.74 Å². The molecule has 0 saturated heterocycles. The molecular weight excluding hydrogens is 262 g/mol. The molecular formula is C12H9N5O3. The smallest absolute Gasteiger partial charge is 0.269 e. The number of hydrogen-bond donors (Lipinski definition) is 0. The molecule has 20 heavy (non-hydrogen) atoms. The number of rotatable bonds is 3. The van der Waals surface area contributed by atoms with Crippen LogP contribution < -0.4 is 4.74 Å². The molecule has 0 bridgehead atoms. The summed E-state index contributed by atoms with van der Waals surface area (Å²) in [6.45, 7) is 1.75. The Morgan fingerprint density at radius 1 is 1.30 bits per heavy atom. The average molecular weight is 271 g/mol. The van der Waals surface area contributed by atoms with Crippen LogP contribution in [-0.2, 0) is 0 Å². The predicted octanol–water partition coefficient (Wildman–Crippen LogP) is 2.13. The molecule has 3 aromatic rings. The van der Waals surface area contributed by atoms with Crippen LogP contribution >= 0.6 is 0 Å². The van der Waals surface area contributed by atoms with Crippen LogP contribution in [0, 0.1) is 17.0 Å². The lowest BCUT2D eigenvalue weighted by Gasteiger charge is -2.08. The quantitative estimate of drug-likeness (QED) is 0.535. The van der Waals surface area contributed by atoms with Gasteiger partial charge in [-0.25, -0.2) is 4.52 Å². The van der Waals surface area contributed by atoms with Crippen LogP contribution in [0.25, 0.3) is 5.65 Å². The van der Waals surface area contributed by atoms with E-state index in [1.807, 2.05) is 0 Å². The molecule has 8 heteroatoms. The molecule has 0 amide bonds. The standard InChI is InChI=1S/C12H9N5O3/c1-8-6-9(17(18)19)2-3-11(8)20-10-4-5-16-12(7-10)13-14-15-16/h2-7H,1H3. The zero-order valence-electron chi connectivity index (χ0n) is 10.4. The molecule has 0 aliphatic carbocycles. The minimum absolute atomic E-state index is 0.0342. The van der Waals surface area contributed by atoms with Gasteiger partial charge in [-0.2, -0.15) is 0 Å². The first-order valence-electron chi connectivity index (χ1n) is 5.74. The van der Waals surface area contributed by atoms with Crippen molar-refractivity contribution in [1.29, 1.82) is 0 Å². The van der Waals surface area contributed by atoms with E-state index in [-0.39, 0.29) is 5.69 Å². The van der Waals surface area contributed by atoms with Gasteiger partial charge >= 0.3 is 0 Å². The van der Waals surface area contributed by atoms with Crippen LogP contribution in [0.15, 0.2) is 36.5 Å². The average Bonchev–Trinajstić information content (AvgIpc) is 2.88. The summed E-state index contributed by atoms with van der Waals surface area (Å²) in [4.78, 5) is 10.2. The molecule has 3 rings (SSSR count). The van der Waals surface area contributed by atoms with Gasteiger partial charge in [0.05, 0.1) is 4.92 Å². The fourth-order valence-corrected chi connectivity index (χ4v) is 1.77. The first-order chi connectivity index (χ1) is 9.63. The maximum absolute atomic E-state index is 10.7. The molecule has 2 heterocycles. The van der Waals surface area contributed by atoms with Gasteiger partial charge in [0, 0.05) is 24.4 Å². The summed E-state index contributed by atoms with van der Waals surface area (Å²) in [5, 5.41) is 21.8. The zero-order valence-corrected chi connectivity index (χ0v) is 10.4. The van der Waals surface area contributed by atoms with Crippen LogP contribution in [0.3, 0.4) is 0 Å². The number of pyridine rings is 1. The minimum Gasteiger partial charge on any atom is -0.457 e. The highest BCUT2D eigenvalue weighted by atomic mass is 16.6. The highest BCUT2D eigenvalue weighted by Crippen LogP contribution is 2.28. The number of hydrogen-bond acceptors (Lipinski definition) is 6. The molecule has 100 valence electrons. The summed E-state index contributed by atoms with van der Waals surface area (Å²) >= 11 is 0. The number of nitro groups is 1. The number of non-ortho nitro benzene ring substituents is 1. The second-order valence-electron chi connectivity index (χ2n) is 4.15. The van der Waals surface area contributed by atoms with E-state index in [0.29, 0.717) is 22.7 Å². The Morgan fingerprint density at radius 3 is 2.90 bits per heavy atom. The van der Waals surface area contributed by atoms with Crippen molar-refractivity contribution in [1.82, 2.24) is 20.0 Å². The number of fused-ring (bicyclic) bond motifs is 1. The molecule has 0 aliphatic heterocycles. The lowest BCUT2D eigenvalue weighted by molar-refractivity contribution is -0.384. The monoisotopic (exact) mass is 271 g/mol. The van der Waals surface area contributed by atoms with Gasteiger partial charge in [0.15, 0.2) is 5.65 Å². The van der Waals surface area contributed by atoms with Crippen molar-refractivity contribution in [3.63, 3.8) is 0 Å². The summed E-state index contributed by atoms with van der Waals surface area (Å²) in [6.07, 6.45) is 1.67. The van der Waals surface area contributed by atoms with E-state index in [1.165, 1.54) is 16.6 Å².